The minimum atomic E-state index is -0.103. The van der Waals surface area contributed by atoms with Gasteiger partial charge >= 0.3 is 6.03 Å². The maximum Gasteiger partial charge on any atom is 0.320 e. The predicted octanol–water partition coefficient (Wildman–Crippen LogP) is 4.55. The van der Waals surface area contributed by atoms with Crippen LogP contribution in [0.4, 0.5) is 10.6 Å². The molecule has 1 aliphatic rings. The van der Waals surface area contributed by atoms with Gasteiger partial charge in [0.15, 0.2) is 0 Å². The maximum atomic E-state index is 13.1. The number of halogens is 1. The van der Waals surface area contributed by atoms with Crippen LogP contribution in [0, 0.1) is 0 Å². The molecule has 0 bridgehead atoms. The number of urea groups is 1. The summed E-state index contributed by atoms with van der Waals surface area (Å²) in [6.07, 6.45) is 1.92. The Labute approximate surface area is 220 Å². The number of fused-ring (bicyclic) bond motifs is 1. The van der Waals surface area contributed by atoms with Crippen molar-refractivity contribution in [3.63, 3.8) is 0 Å². The molecule has 2 aromatic heterocycles. The van der Waals surface area contributed by atoms with E-state index in [1.807, 2.05) is 39.2 Å². The summed E-state index contributed by atoms with van der Waals surface area (Å²) >= 11 is 7.91. The van der Waals surface area contributed by atoms with Gasteiger partial charge in [-0.25, -0.2) is 19.7 Å². The van der Waals surface area contributed by atoms with E-state index in [1.54, 1.807) is 28.2 Å². The summed E-state index contributed by atoms with van der Waals surface area (Å²) in [5.41, 5.74) is 4.06. The molecule has 9 nitrogen and oxygen atoms in total. The smallest absolute Gasteiger partial charge is 0.320 e. The number of anilines is 1. The lowest BCUT2D eigenvalue weighted by molar-refractivity contribution is 0.127. The Kier molecular flexibility index (Phi) is 8.73. The second kappa shape index (κ2) is 12.0. The number of benzene rings is 1. The van der Waals surface area contributed by atoms with Gasteiger partial charge in [0.1, 0.15) is 10.8 Å². The van der Waals surface area contributed by atoms with Crippen LogP contribution >= 0.6 is 22.9 Å². The molecule has 1 atom stereocenters. The van der Waals surface area contributed by atoms with E-state index < -0.39 is 0 Å². The molecule has 0 fully saturated rings. The van der Waals surface area contributed by atoms with Gasteiger partial charge in [0, 0.05) is 38.5 Å². The molecule has 0 spiro atoms. The van der Waals surface area contributed by atoms with Crippen molar-refractivity contribution in [2.75, 3.05) is 39.2 Å². The third-order valence-corrected chi connectivity index (χ3v) is 7.52. The predicted molar refractivity (Wildman–Crippen MR) is 143 cm³/mol. The molecule has 36 heavy (non-hydrogen) atoms. The summed E-state index contributed by atoms with van der Waals surface area (Å²) in [7, 11) is 3.58. The van der Waals surface area contributed by atoms with Crippen LogP contribution in [0.15, 0.2) is 30.5 Å². The lowest BCUT2D eigenvalue weighted by Gasteiger charge is -2.26. The van der Waals surface area contributed by atoms with Gasteiger partial charge in [-0.3, -0.25) is 0 Å². The summed E-state index contributed by atoms with van der Waals surface area (Å²) in [5.74, 6) is 0.639. The Bertz CT molecular complexity index is 1200. The normalized spacial score (nSPS) is 13.5. The number of nitrogens with zero attached hydrogens (tertiary/aromatic N) is 5. The fourth-order valence-corrected chi connectivity index (χ4v) is 5.42. The number of hydrogen-bond donors (Lipinski definition) is 2. The summed E-state index contributed by atoms with van der Waals surface area (Å²) in [4.78, 5) is 31.3. The van der Waals surface area contributed by atoms with Crippen LogP contribution in [0.25, 0.3) is 10.4 Å². The Balaban J connectivity index is 1.51. The van der Waals surface area contributed by atoms with E-state index in [9.17, 15) is 4.79 Å². The standard InChI is InChI=1S/C25H32ClN7O2S/c1-5-32(10-11-35-4)25(34)33-14-19-20(15-33)30-24(26)31-22(19)29-16(2)23-28-13-21(36-23)18-9-7-6-8-17(18)12-27-3/h6-9,13,16,27H,5,10-12,14-15H2,1-4H3,(H,29,30,31). The number of ether oxygens (including phenoxy) is 1. The van der Waals surface area contributed by atoms with Crippen molar-refractivity contribution < 1.29 is 9.53 Å². The van der Waals surface area contributed by atoms with Crippen molar-refractivity contribution in [2.24, 2.45) is 0 Å². The van der Waals surface area contributed by atoms with E-state index >= 15 is 0 Å². The number of aromatic nitrogens is 3. The molecule has 0 saturated heterocycles. The lowest BCUT2D eigenvalue weighted by Crippen LogP contribution is -2.42. The lowest BCUT2D eigenvalue weighted by atomic mass is 10.1. The zero-order valence-electron chi connectivity index (χ0n) is 21.0. The van der Waals surface area contributed by atoms with E-state index in [-0.39, 0.29) is 17.4 Å². The average molecular weight is 530 g/mol. The molecular weight excluding hydrogens is 498 g/mol. The summed E-state index contributed by atoms with van der Waals surface area (Å²) in [5, 5.41) is 7.79. The number of thiazole rings is 1. The van der Waals surface area contributed by atoms with Crippen molar-refractivity contribution >= 4 is 34.8 Å². The van der Waals surface area contributed by atoms with E-state index in [0.717, 1.165) is 27.7 Å². The van der Waals surface area contributed by atoms with Gasteiger partial charge in [-0.1, -0.05) is 24.3 Å². The van der Waals surface area contributed by atoms with Crippen LogP contribution in [0.2, 0.25) is 5.28 Å². The summed E-state index contributed by atoms with van der Waals surface area (Å²) < 4.78 is 5.15. The Morgan fingerprint density at radius 3 is 2.86 bits per heavy atom. The largest absolute Gasteiger partial charge is 0.383 e. The van der Waals surface area contributed by atoms with Gasteiger partial charge < -0.3 is 25.2 Å². The first-order valence-corrected chi connectivity index (χ1v) is 13.2. The highest BCUT2D eigenvalue weighted by Crippen LogP contribution is 2.35. The molecule has 3 heterocycles. The molecular formula is C25H32ClN7O2S. The molecule has 1 unspecified atom stereocenters. The molecule has 1 aliphatic heterocycles. The number of likely N-dealkylation sites (N-methyl/N-ethyl adjacent to an activating group) is 1. The zero-order chi connectivity index (χ0) is 25.7. The number of methoxy groups -OCH3 is 1. The zero-order valence-corrected chi connectivity index (χ0v) is 22.6. The van der Waals surface area contributed by atoms with Crippen LogP contribution < -0.4 is 10.6 Å². The van der Waals surface area contributed by atoms with Gasteiger partial charge in [0.05, 0.1) is 36.3 Å². The number of carbonyl (C=O) groups excluding carboxylic acids is 1. The third-order valence-electron chi connectivity index (χ3n) is 6.14. The van der Waals surface area contributed by atoms with Gasteiger partial charge in [0.25, 0.3) is 0 Å². The van der Waals surface area contributed by atoms with Crippen molar-refractivity contribution in [2.45, 2.75) is 39.5 Å². The third kappa shape index (κ3) is 5.78. The Hall–Kier alpha value is -2.79. The van der Waals surface area contributed by atoms with E-state index in [0.29, 0.717) is 38.6 Å². The monoisotopic (exact) mass is 529 g/mol. The second-order valence-electron chi connectivity index (χ2n) is 8.59. The molecule has 2 amide bonds. The highest BCUT2D eigenvalue weighted by molar-refractivity contribution is 7.15. The van der Waals surface area contributed by atoms with E-state index in [4.69, 9.17) is 16.3 Å². The quantitative estimate of drug-likeness (QED) is 0.372. The van der Waals surface area contributed by atoms with Crippen molar-refractivity contribution in [3.05, 3.63) is 57.6 Å². The molecule has 0 radical (unpaired) electrons. The van der Waals surface area contributed by atoms with Crippen molar-refractivity contribution in [1.29, 1.82) is 0 Å². The molecule has 11 heteroatoms. The molecule has 4 rings (SSSR count). The second-order valence-corrected chi connectivity index (χ2v) is 9.99. The molecule has 1 aromatic carbocycles. The number of nitrogens with one attached hydrogen (secondary N) is 2. The minimum absolute atomic E-state index is 0.0486. The maximum absolute atomic E-state index is 13.1. The average Bonchev–Trinajstić information content (AvgIpc) is 3.53. The highest BCUT2D eigenvalue weighted by atomic mass is 35.5. The van der Waals surface area contributed by atoms with Crippen molar-refractivity contribution in [1.82, 2.24) is 30.1 Å². The molecule has 2 N–H and O–H groups in total. The number of amides is 2. The van der Waals surface area contributed by atoms with Gasteiger partial charge in [-0.2, -0.15) is 0 Å². The first-order chi connectivity index (χ1) is 17.4. The van der Waals surface area contributed by atoms with Crippen LogP contribution in [-0.2, 0) is 24.4 Å². The van der Waals surface area contributed by atoms with Crippen LogP contribution in [0.1, 0.15) is 41.7 Å². The van der Waals surface area contributed by atoms with Gasteiger partial charge in [-0.15, -0.1) is 11.3 Å². The summed E-state index contributed by atoms with van der Waals surface area (Å²) in [6.45, 7) is 7.25. The van der Waals surface area contributed by atoms with Crippen LogP contribution in [0.5, 0.6) is 0 Å². The van der Waals surface area contributed by atoms with E-state index in [2.05, 4.69) is 37.7 Å². The fourth-order valence-electron chi connectivity index (χ4n) is 4.25. The molecule has 0 aliphatic carbocycles. The van der Waals surface area contributed by atoms with Crippen molar-refractivity contribution in [3.8, 4) is 10.4 Å². The van der Waals surface area contributed by atoms with E-state index in [1.165, 1.54) is 11.1 Å². The molecule has 192 valence electrons. The van der Waals surface area contributed by atoms with Gasteiger partial charge in [-0.05, 0) is 43.6 Å². The van der Waals surface area contributed by atoms with Crippen LogP contribution in [0.3, 0.4) is 0 Å². The molecule has 3 aromatic rings. The highest BCUT2D eigenvalue weighted by Gasteiger charge is 2.31. The number of carbonyl (C=O) groups is 1. The first-order valence-electron chi connectivity index (χ1n) is 12.0. The summed E-state index contributed by atoms with van der Waals surface area (Å²) in [6, 6.07) is 8.19. The number of hydrogen-bond acceptors (Lipinski definition) is 8. The SMILES string of the molecule is CCN(CCOC)C(=O)N1Cc2nc(Cl)nc(NC(C)c3ncc(-c4ccccc4CNC)s3)c2C1. The Morgan fingerprint density at radius 1 is 1.31 bits per heavy atom. The fraction of sp³-hybridized carbons (Fsp3) is 0.440. The first kappa shape index (κ1) is 26.3. The Morgan fingerprint density at radius 2 is 2.11 bits per heavy atom. The topological polar surface area (TPSA) is 95.5 Å². The van der Waals surface area contributed by atoms with Gasteiger partial charge in [0.2, 0.25) is 5.28 Å². The number of rotatable bonds is 10. The molecule has 0 saturated carbocycles. The minimum Gasteiger partial charge on any atom is -0.383 e. The van der Waals surface area contributed by atoms with Crippen LogP contribution in [-0.4, -0.2) is 64.6 Å².